The van der Waals surface area contributed by atoms with Crippen molar-refractivity contribution in [1.29, 1.82) is 0 Å². The molecule has 0 N–H and O–H groups in total. The van der Waals surface area contributed by atoms with Gasteiger partial charge in [0.2, 0.25) is 10.0 Å². The van der Waals surface area contributed by atoms with E-state index in [0.717, 1.165) is 5.56 Å². The molecule has 1 aliphatic heterocycles. The number of hydrogen-bond acceptors (Lipinski definition) is 2. The standard InChI is InChI=1S/C10H12BrNO2S/c1-15(13,14)12-9(7-11)10(12)8-5-3-2-4-6-8/h2-6,9-10H,7H2,1H3/t9-,10+,12?/m1/s1. The molecule has 1 aromatic rings. The van der Waals surface area contributed by atoms with E-state index in [1.54, 1.807) is 0 Å². The average Bonchev–Trinajstić information content (AvgIpc) is 2.92. The summed E-state index contributed by atoms with van der Waals surface area (Å²) in [6.07, 6.45) is 1.26. The van der Waals surface area contributed by atoms with Crippen molar-refractivity contribution in [3.05, 3.63) is 35.9 Å². The topological polar surface area (TPSA) is 37.1 Å². The Bertz CT molecular complexity index is 446. The van der Waals surface area contributed by atoms with Crippen LogP contribution in [0, 0.1) is 0 Å². The van der Waals surface area contributed by atoms with Crippen LogP contribution in [0.4, 0.5) is 0 Å². The SMILES string of the molecule is CS(=O)(=O)N1[C@H](CBr)[C@@H]1c1ccccc1. The van der Waals surface area contributed by atoms with Gasteiger partial charge in [0.25, 0.3) is 0 Å². The van der Waals surface area contributed by atoms with Crippen molar-refractivity contribution in [3.8, 4) is 0 Å². The summed E-state index contributed by atoms with van der Waals surface area (Å²) in [4.78, 5) is 0. The zero-order valence-corrected chi connectivity index (χ0v) is 10.7. The first kappa shape index (κ1) is 11.1. The maximum absolute atomic E-state index is 11.5. The smallest absolute Gasteiger partial charge is 0.212 e. The average molecular weight is 290 g/mol. The number of alkyl halides is 1. The first-order valence-electron chi connectivity index (χ1n) is 4.65. The van der Waals surface area contributed by atoms with E-state index < -0.39 is 10.0 Å². The number of hydrogen-bond donors (Lipinski definition) is 0. The monoisotopic (exact) mass is 289 g/mol. The molecule has 0 spiro atoms. The first-order chi connectivity index (χ1) is 7.05. The summed E-state index contributed by atoms with van der Waals surface area (Å²) in [5, 5.41) is 0.680. The highest BCUT2D eigenvalue weighted by Gasteiger charge is 2.53. The van der Waals surface area contributed by atoms with E-state index in [1.165, 1.54) is 10.6 Å². The van der Waals surface area contributed by atoms with Crippen LogP contribution >= 0.6 is 15.9 Å². The largest absolute Gasteiger partial charge is 0.212 e. The fourth-order valence-corrected chi connectivity index (χ4v) is 4.04. The van der Waals surface area contributed by atoms with E-state index in [9.17, 15) is 8.42 Å². The number of nitrogens with zero attached hydrogens (tertiary/aromatic N) is 1. The highest BCUT2D eigenvalue weighted by Crippen LogP contribution is 2.45. The lowest BCUT2D eigenvalue weighted by atomic mass is 10.1. The zero-order chi connectivity index (χ0) is 11.1. The molecule has 1 unspecified atom stereocenters. The van der Waals surface area contributed by atoms with Gasteiger partial charge in [-0.3, -0.25) is 0 Å². The predicted octanol–water partition coefficient (Wildman–Crippen LogP) is 1.77. The van der Waals surface area contributed by atoms with Gasteiger partial charge < -0.3 is 0 Å². The number of halogens is 1. The van der Waals surface area contributed by atoms with Crippen molar-refractivity contribution in [2.45, 2.75) is 12.1 Å². The lowest BCUT2D eigenvalue weighted by Gasteiger charge is -1.99. The Morgan fingerprint density at radius 2 is 1.93 bits per heavy atom. The summed E-state index contributed by atoms with van der Waals surface area (Å²) in [6, 6.07) is 9.80. The molecule has 0 saturated carbocycles. The lowest BCUT2D eigenvalue weighted by Crippen LogP contribution is -2.12. The fourth-order valence-electron chi connectivity index (χ4n) is 1.88. The van der Waals surface area contributed by atoms with Crippen LogP contribution in [-0.2, 0) is 10.0 Å². The first-order valence-corrected chi connectivity index (χ1v) is 7.62. The maximum Gasteiger partial charge on any atom is 0.212 e. The maximum atomic E-state index is 11.5. The third-order valence-electron chi connectivity index (χ3n) is 2.56. The number of benzene rings is 1. The molecule has 1 fully saturated rings. The number of sulfonamides is 1. The molecule has 2 rings (SSSR count). The Kier molecular flexibility index (Phi) is 2.87. The minimum absolute atomic E-state index is 0.0144. The van der Waals surface area contributed by atoms with Crippen molar-refractivity contribution in [1.82, 2.24) is 4.31 Å². The van der Waals surface area contributed by atoms with E-state index >= 15 is 0 Å². The predicted molar refractivity (Wildman–Crippen MR) is 63.4 cm³/mol. The molecule has 15 heavy (non-hydrogen) atoms. The van der Waals surface area contributed by atoms with Crippen LogP contribution < -0.4 is 0 Å². The molecule has 1 aromatic carbocycles. The van der Waals surface area contributed by atoms with Gasteiger partial charge in [0.05, 0.1) is 18.3 Å². The second-order valence-electron chi connectivity index (χ2n) is 3.67. The Balaban J connectivity index is 2.27. The molecule has 3 nitrogen and oxygen atoms in total. The molecule has 0 aliphatic carbocycles. The van der Waals surface area contributed by atoms with Gasteiger partial charge in [-0.1, -0.05) is 46.3 Å². The van der Waals surface area contributed by atoms with Gasteiger partial charge in [-0.05, 0) is 5.56 Å². The Hall–Kier alpha value is -0.390. The summed E-state index contributed by atoms with van der Waals surface area (Å²) in [6.45, 7) is 0. The number of rotatable bonds is 3. The molecular weight excluding hydrogens is 278 g/mol. The van der Waals surface area contributed by atoms with Gasteiger partial charge in [-0.15, -0.1) is 0 Å². The molecule has 1 aliphatic rings. The highest BCUT2D eigenvalue weighted by atomic mass is 79.9. The van der Waals surface area contributed by atoms with Crippen LogP contribution in [-0.4, -0.2) is 30.4 Å². The third kappa shape index (κ3) is 2.09. The Labute approximate surface area is 98.3 Å². The molecule has 1 saturated heterocycles. The van der Waals surface area contributed by atoms with E-state index in [1.807, 2.05) is 30.3 Å². The molecule has 0 amide bonds. The third-order valence-corrected chi connectivity index (χ3v) is 4.49. The van der Waals surface area contributed by atoms with Gasteiger partial charge >= 0.3 is 0 Å². The van der Waals surface area contributed by atoms with Crippen molar-refractivity contribution >= 4 is 26.0 Å². The second kappa shape index (κ2) is 3.88. The minimum atomic E-state index is -3.08. The lowest BCUT2D eigenvalue weighted by molar-refractivity contribution is 0.555. The van der Waals surface area contributed by atoms with Crippen LogP contribution in [0.5, 0.6) is 0 Å². The molecule has 0 aromatic heterocycles. The minimum Gasteiger partial charge on any atom is -0.212 e. The van der Waals surface area contributed by atoms with E-state index in [-0.39, 0.29) is 12.1 Å². The normalized spacial score (nSPS) is 30.1. The Morgan fingerprint density at radius 1 is 1.33 bits per heavy atom. The van der Waals surface area contributed by atoms with Crippen LogP contribution in [0.3, 0.4) is 0 Å². The van der Waals surface area contributed by atoms with E-state index in [2.05, 4.69) is 15.9 Å². The fraction of sp³-hybridized carbons (Fsp3) is 0.400. The molecule has 0 radical (unpaired) electrons. The van der Waals surface area contributed by atoms with Gasteiger partial charge in [0.15, 0.2) is 0 Å². The quantitative estimate of drug-likeness (QED) is 0.628. The van der Waals surface area contributed by atoms with Crippen LogP contribution in [0.1, 0.15) is 11.6 Å². The molecule has 5 heteroatoms. The van der Waals surface area contributed by atoms with E-state index in [4.69, 9.17) is 0 Å². The van der Waals surface area contributed by atoms with Crippen molar-refractivity contribution in [3.63, 3.8) is 0 Å². The highest BCUT2D eigenvalue weighted by molar-refractivity contribution is 9.09. The summed E-state index contributed by atoms with van der Waals surface area (Å²) < 4.78 is 24.4. The molecule has 1 heterocycles. The summed E-state index contributed by atoms with van der Waals surface area (Å²) in [5.41, 5.74) is 1.06. The van der Waals surface area contributed by atoms with Gasteiger partial charge in [0.1, 0.15) is 0 Å². The zero-order valence-electron chi connectivity index (χ0n) is 8.30. The Morgan fingerprint density at radius 3 is 2.33 bits per heavy atom. The molecule has 0 bridgehead atoms. The molecular formula is C10H12BrNO2S. The summed E-state index contributed by atoms with van der Waals surface area (Å²) in [7, 11) is -3.08. The molecule has 3 atom stereocenters. The summed E-state index contributed by atoms with van der Waals surface area (Å²) >= 11 is 3.34. The van der Waals surface area contributed by atoms with E-state index in [0.29, 0.717) is 5.33 Å². The van der Waals surface area contributed by atoms with Gasteiger partial charge in [-0.25, -0.2) is 8.42 Å². The van der Waals surface area contributed by atoms with Crippen LogP contribution in [0.25, 0.3) is 0 Å². The van der Waals surface area contributed by atoms with Crippen molar-refractivity contribution in [2.24, 2.45) is 0 Å². The van der Waals surface area contributed by atoms with Crippen LogP contribution in [0.2, 0.25) is 0 Å². The van der Waals surface area contributed by atoms with Gasteiger partial charge in [-0.2, -0.15) is 4.31 Å². The van der Waals surface area contributed by atoms with Gasteiger partial charge in [0, 0.05) is 5.33 Å². The summed E-state index contributed by atoms with van der Waals surface area (Å²) in [5.74, 6) is 0. The van der Waals surface area contributed by atoms with Crippen LogP contribution in [0.15, 0.2) is 30.3 Å². The van der Waals surface area contributed by atoms with Crippen molar-refractivity contribution in [2.75, 3.05) is 11.6 Å². The second-order valence-corrected chi connectivity index (χ2v) is 6.21. The van der Waals surface area contributed by atoms with Crippen molar-refractivity contribution < 1.29 is 8.42 Å². The molecule has 82 valence electrons.